The van der Waals surface area contributed by atoms with Crippen LogP contribution < -0.4 is 0 Å². The minimum atomic E-state index is -0.754. The van der Waals surface area contributed by atoms with Gasteiger partial charge in [-0.05, 0) is 10.8 Å². The SMILES string of the molecule is CCC(=O)CCN(CCC(=O)CC)C(=O)CCN(CCC(=O)N(CCC(=O)CC)CCC(=O)CC)C(=O)CCN1C(=O)/C=C/SCS/C=C/C(=O)N1CCC(=O)N(CCC(=O)N(CCC(=O)CC)CCC(=O)CC)CCC(=O)N(CCC(=O)CC)CCC(=O)CC. The summed E-state index contributed by atoms with van der Waals surface area (Å²) in [7, 11) is 0. The lowest BCUT2D eigenvalue weighted by Gasteiger charge is -2.35. The van der Waals surface area contributed by atoms with E-state index in [0.717, 1.165) is 10.0 Å². The number of hydrogen-bond donors (Lipinski definition) is 0. The van der Waals surface area contributed by atoms with E-state index < -0.39 is 73.2 Å². The summed E-state index contributed by atoms with van der Waals surface area (Å²) in [5.41, 5.74) is 0. The first kappa shape index (κ1) is 82.3. The van der Waals surface area contributed by atoms with Crippen LogP contribution in [0.1, 0.15) is 197 Å². The average Bonchev–Trinajstić information content (AvgIpc) is 3.77. The number of nitrogens with zero attached hydrogens (tertiary/aromatic N) is 8. The number of hydrogen-bond acceptors (Lipinski definition) is 18. The van der Waals surface area contributed by atoms with E-state index in [0.29, 0.717) is 5.08 Å². The third-order valence-corrected chi connectivity index (χ3v) is 17.3. The number of rotatable bonds is 50. The first-order chi connectivity index (χ1) is 43.4. The zero-order valence-electron chi connectivity index (χ0n) is 55.4. The Labute approximate surface area is 547 Å². The Hall–Kier alpha value is -6.70. The number of thioether (sulfide) groups is 2. The predicted molar refractivity (Wildman–Crippen MR) is 348 cm³/mol. The monoisotopic (exact) mass is 1310 g/mol. The number of Topliss-reactive ketones (excluding diaryl/α,β-unsaturated/α-hetero) is 8. The maximum Gasteiger partial charge on any atom is 0.265 e. The van der Waals surface area contributed by atoms with Crippen molar-refractivity contribution in [3.05, 3.63) is 23.0 Å². The van der Waals surface area contributed by atoms with Crippen LogP contribution >= 0.6 is 23.5 Å². The lowest BCUT2D eigenvalue weighted by Crippen LogP contribution is -2.51. The van der Waals surface area contributed by atoms with Gasteiger partial charge in [-0.2, -0.15) is 0 Å². The molecule has 510 valence electrons. The second kappa shape index (κ2) is 48.1. The summed E-state index contributed by atoms with van der Waals surface area (Å²) in [5, 5.41) is 5.44. The predicted octanol–water partition coefficient (Wildman–Crippen LogP) is 6.29. The van der Waals surface area contributed by atoms with E-state index in [1.165, 1.54) is 75.9 Å². The van der Waals surface area contributed by atoms with E-state index in [1.807, 2.05) is 0 Å². The molecule has 0 unspecified atom stereocenters. The molecule has 1 heterocycles. The molecule has 0 bridgehead atoms. The number of ketones is 8. The van der Waals surface area contributed by atoms with Crippen molar-refractivity contribution in [2.75, 3.05) is 96.7 Å². The molecule has 0 saturated heterocycles. The lowest BCUT2D eigenvalue weighted by molar-refractivity contribution is -0.159. The van der Waals surface area contributed by atoms with Crippen molar-refractivity contribution < 1.29 is 76.7 Å². The van der Waals surface area contributed by atoms with Crippen molar-refractivity contribution in [2.24, 2.45) is 0 Å². The average molecular weight is 1320 g/mol. The molecular formula is C65H102N8O16S2. The van der Waals surface area contributed by atoms with Gasteiger partial charge in [0.1, 0.15) is 46.3 Å². The second-order valence-electron chi connectivity index (χ2n) is 21.9. The van der Waals surface area contributed by atoms with Crippen LogP contribution in [0.15, 0.2) is 23.0 Å². The molecule has 0 N–H and O–H groups in total. The molecule has 8 amide bonds. The summed E-state index contributed by atoms with van der Waals surface area (Å²) in [6.45, 7) is 11.8. The Morgan fingerprint density at radius 1 is 0.286 bits per heavy atom. The normalized spacial score (nSPS) is 13.1. The van der Waals surface area contributed by atoms with Crippen LogP contribution in [-0.4, -0.2) is 230 Å². The topological polar surface area (TPSA) is 299 Å². The molecule has 0 aliphatic carbocycles. The highest BCUT2D eigenvalue weighted by Gasteiger charge is 2.30. The third kappa shape index (κ3) is 35.1. The van der Waals surface area contributed by atoms with Gasteiger partial charge >= 0.3 is 0 Å². The van der Waals surface area contributed by atoms with E-state index in [1.54, 1.807) is 55.4 Å². The van der Waals surface area contributed by atoms with Crippen LogP contribution in [0.2, 0.25) is 0 Å². The highest BCUT2D eigenvalue weighted by atomic mass is 32.2. The molecule has 0 atom stereocenters. The van der Waals surface area contributed by atoms with E-state index in [9.17, 15) is 76.7 Å². The zero-order chi connectivity index (χ0) is 68.3. The smallest absolute Gasteiger partial charge is 0.265 e. The second-order valence-corrected chi connectivity index (χ2v) is 24.1. The third-order valence-electron chi connectivity index (χ3n) is 15.6. The molecule has 0 aromatic rings. The Balaban J connectivity index is 3.89. The Morgan fingerprint density at radius 3 is 0.626 bits per heavy atom. The van der Waals surface area contributed by atoms with Gasteiger partial charge < -0.3 is 29.4 Å². The van der Waals surface area contributed by atoms with E-state index >= 15 is 0 Å². The first-order valence-corrected chi connectivity index (χ1v) is 34.5. The maximum absolute atomic E-state index is 14.7. The van der Waals surface area contributed by atoms with Crippen LogP contribution in [0.4, 0.5) is 0 Å². The molecule has 0 fully saturated rings. The summed E-state index contributed by atoms with van der Waals surface area (Å²) in [4.78, 5) is 221. The minimum absolute atomic E-state index is 0.0272. The lowest BCUT2D eigenvalue weighted by atomic mass is 10.1. The fourth-order valence-corrected chi connectivity index (χ4v) is 10.5. The van der Waals surface area contributed by atoms with Crippen molar-refractivity contribution in [3.63, 3.8) is 0 Å². The van der Waals surface area contributed by atoms with Crippen LogP contribution in [0.3, 0.4) is 0 Å². The standard InChI is InChI=1S/C65H102N8O16S2/c1-9-50(74)17-33-66(34-18-51(75)10-2)58(82)25-41-70(42-26-59(83)67(35-19-52(76)11-3)36-20-53(77)12-4)62(86)29-45-72-64(88)31-47-90-49-91-48-32-65(89)73(72)46-30-63(87)71(43-27-60(84)68(37-21-54(78)13-5)38-22-55(79)14-6)44-28-61(85)69(39-23-56(80)15-7)40-24-57(81)16-8/h31-32,47-48H,9-30,33-46,49H2,1-8H3/b47-31+,48-32+. The molecular weight excluding hydrogens is 1210 g/mol. The number of amides is 8. The molecule has 1 aliphatic rings. The van der Waals surface area contributed by atoms with Gasteiger partial charge in [0.25, 0.3) is 11.8 Å². The summed E-state index contributed by atoms with van der Waals surface area (Å²) in [5.74, 6) is -5.52. The Morgan fingerprint density at radius 2 is 0.451 bits per heavy atom. The number of carbonyl (C=O) groups excluding carboxylic acids is 16. The van der Waals surface area contributed by atoms with Crippen molar-refractivity contribution in [3.8, 4) is 0 Å². The Bertz CT molecular complexity index is 2170. The summed E-state index contributed by atoms with van der Waals surface area (Å²) < 4.78 is 0. The molecule has 0 saturated carbocycles. The van der Waals surface area contributed by atoms with Crippen molar-refractivity contribution in [2.45, 2.75) is 197 Å². The van der Waals surface area contributed by atoms with E-state index in [4.69, 9.17) is 0 Å². The van der Waals surface area contributed by atoms with Crippen LogP contribution in [-0.2, 0) is 76.7 Å². The fourth-order valence-electron chi connectivity index (χ4n) is 9.14. The van der Waals surface area contributed by atoms with Gasteiger partial charge in [0.2, 0.25) is 35.4 Å². The minimum Gasteiger partial charge on any atom is -0.342 e. The largest absolute Gasteiger partial charge is 0.342 e. The van der Waals surface area contributed by atoms with Gasteiger partial charge in [0.05, 0.1) is 13.1 Å². The molecule has 0 spiro atoms. The molecule has 1 rings (SSSR count). The van der Waals surface area contributed by atoms with E-state index in [-0.39, 0.29) is 253 Å². The summed E-state index contributed by atoms with van der Waals surface area (Å²) >= 11 is 2.50. The molecule has 91 heavy (non-hydrogen) atoms. The zero-order valence-corrected chi connectivity index (χ0v) is 57.0. The van der Waals surface area contributed by atoms with Gasteiger partial charge in [-0.15, -0.1) is 23.5 Å². The van der Waals surface area contributed by atoms with Crippen molar-refractivity contribution >= 4 is 117 Å². The van der Waals surface area contributed by atoms with Gasteiger partial charge in [0.15, 0.2) is 0 Å². The molecule has 1 aliphatic heterocycles. The maximum atomic E-state index is 14.7. The van der Waals surface area contributed by atoms with Gasteiger partial charge in [0, 0.05) is 237 Å². The van der Waals surface area contributed by atoms with Crippen LogP contribution in [0.5, 0.6) is 0 Å². The molecule has 24 nitrogen and oxygen atoms in total. The van der Waals surface area contributed by atoms with Crippen LogP contribution in [0.25, 0.3) is 0 Å². The molecule has 0 radical (unpaired) electrons. The fraction of sp³-hybridized carbons (Fsp3) is 0.692. The van der Waals surface area contributed by atoms with Crippen molar-refractivity contribution in [1.29, 1.82) is 0 Å². The van der Waals surface area contributed by atoms with Gasteiger partial charge in [-0.25, -0.2) is 10.0 Å². The summed E-state index contributed by atoms with van der Waals surface area (Å²) in [6, 6.07) is 0. The first-order valence-electron chi connectivity index (χ1n) is 32.4. The highest BCUT2D eigenvalue weighted by molar-refractivity contribution is 8.18. The summed E-state index contributed by atoms with van der Waals surface area (Å²) in [6.07, 6.45) is 2.41. The highest BCUT2D eigenvalue weighted by Crippen LogP contribution is 2.19. The van der Waals surface area contributed by atoms with Crippen LogP contribution in [0, 0.1) is 0 Å². The molecule has 26 heteroatoms. The Kier molecular flexibility index (Phi) is 43.5. The molecule has 0 aromatic carbocycles. The number of carbonyl (C=O) groups is 16. The van der Waals surface area contributed by atoms with E-state index in [2.05, 4.69) is 0 Å². The number of hydrazine groups is 1. The van der Waals surface area contributed by atoms with Gasteiger partial charge in [-0.3, -0.25) is 76.7 Å². The van der Waals surface area contributed by atoms with Gasteiger partial charge in [-0.1, -0.05) is 55.4 Å². The quantitative estimate of drug-likeness (QED) is 0.0646. The molecule has 0 aromatic heterocycles. The van der Waals surface area contributed by atoms with Crippen molar-refractivity contribution in [1.82, 2.24) is 39.4 Å².